The summed E-state index contributed by atoms with van der Waals surface area (Å²) in [5.41, 5.74) is 0.783. The molecule has 0 aliphatic heterocycles. The molecule has 0 radical (unpaired) electrons. The fourth-order valence-electron chi connectivity index (χ4n) is 1.70. The molecule has 2 aromatic carbocycles. The van der Waals surface area contributed by atoms with Gasteiger partial charge in [-0.1, -0.05) is 46.9 Å². The summed E-state index contributed by atoms with van der Waals surface area (Å²) in [6.45, 7) is 0.118. The lowest BCUT2D eigenvalue weighted by molar-refractivity contribution is -0.134. The Morgan fingerprint density at radius 3 is 2.30 bits per heavy atom. The van der Waals surface area contributed by atoms with E-state index in [-0.39, 0.29) is 40.5 Å². The zero-order valence-electron chi connectivity index (χ0n) is 11.9. The highest BCUT2D eigenvalue weighted by atomic mass is 35.5. The Morgan fingerprint density at radius 1 is 1.00 bits per heavy atom. The van der Waals surface area contributed by atoms with E-state index < -0.39 is 5.97 Å². The summed E-state index contributed by atoms with van der Waals surface area (Å²) in [5.74, 6) is 0.248. The molecule has 0 aromatic heterocycles. The third-order valence-corrected chi connectivity index (χ3v) is 3.90. The summed E-state index contributed by atoms with van der Waals surface area (Å²) < 4.78 is 10.6. The van der Waals surface area contributed by atoms with Crippen molar-refractivity contribution in [2.45, 2.75) is 13.0 Å². The van der Waals surface area contributed by atoms with Gasteiger partial charge < -0.3 is 14.6 Å². The van der Waals surface area contributed by atoms with Crippen molar-refractivity contribution < 1.29 is 19.4 Å². The highest BCUT2D eigenvalue weighted by Crippen LogP contribution is 2.34. The van der Waals surface area contributed by atoms with Crippen LogP contribution in [-0.2, 0) is 11.4 Å². The van der Waals surface area contributed by atoms with Crippen molar-refractivity contribution in [3.8, 4) is 11.5 Å². The van der Waals surface area contributed by atoms with Crippen molar-refractivity contribution in [1.29, 1.82) is 0 Å². The van der Waals surface area contributed by atoms with Gasteiger partial charge in [-0.15, -0.1) is 0 Å². The van der Waals surface area contributed by atoms with Gasteiger partial charge in [0, 0.05) is 6.07 Å². The number of aliphatic hydroxyl groups is 1. The normalized spacial score (nSPS) is 10.4. The van der Waals surface area contributed by atoms with Crippen LogP contribution in [0.25, 0.3) is 0 Å². The summed E-state index contributed by atoms with van der Waals surface area (Å²) in [4.78, 5) is 11.8. The average Bonchev–Trinajstić information content (AvgIpc) is 2.53. The molecule has 0 aliphatic carbocycles. The number of hydrogen-bond donors (Lipinski definition) is 1. The highest BCUT2D eigenvalue weighted by molar-refractivity contribution is 6.43. The molecule has 0 heterocycles. The standard InChI is InChI=1S/C16H13Cl3O4/c17-12-7-14(19)15(8-13(12)18)23-16(21)5-6-22-11-3-1-10(9-20)2-4-11/h1-4,7-8,20H,5-6,9H2. The summed E-state index contributed by atoms with van der Waals surface area (Å²) in [6.07, 6.45) is 0.0400. The lowest BCUT2D eigenvalue weighted by Crippen LogP contribution is -2.12. The number of ether oxygens (including phenoxy) is 2. The van der Waals surface area contributed by atoms with E-state index in [1.54, 1.807) is 24.3 Å². The molecule has 0 bridgehead atoms. The number of carbonyl (C=O) groups is 1. The van der Waals surface area contributed by atoms with E-state index >= 15 is 0 Å². The fraction of sp³-hybridized carbons (Fsp3) is 0.188. The Balaban J connectivity index is 1.84. The second kappa shape index (κ2) is 8.41. The van der Waals surface area contributed by atoms with Crippen LogP contribution in [0.4, 0.5) is 0 Å². The lowest BCUT2D eigenvalue weighted by atomic mass is 10.2. The van der Waals surface area contributed by atoms with Gasteiger partial charge in [-0.2, -0.15) is 0 Å². The third-order valence-electron chi connectivity index (χ3n) is 2.88. The summed E-state index contributed by atoms with van der Waals surface area (Å²) >= 11 is 17.6. The van der Waals surface area contributed by atoms with Gasteiger partial charge in [0.25, 0.3) is 0 Å². The Kier molecular flexibility index (Phi) is 6.54. The molecule has 0 saturated carbocycles. The number of aliphatic hydroxyl groups excluding tert-OH is 1. The van der Waals surface area contributed by atoms with Gasteiger partial charge in [0.05, 0.1) is 34.7 Å². The predicted molar refractivity (Wildman–Crippen MR) is 89.6 cm³/mol. The van der Waals surface area contributed by atoms with Crippen LogP contribution in [0.1, 0.15) is 12.0 Å². The molecule has 122 valence electrons. The van der Waals surface area contributed by atoms with Crippen LogP contribution in [0, 0.1) is 0 Å². The quantitative estimate of drug-likeness (QED) is 0.458. The number of carbonyl (C=O) groups excluding carboxylic acids is 1. The van der Waals surface area contributed by atoms with E-state index in [2.05, 4.69) is 0 Å². The number of hydrogen-bond acceptors (Lipinski definition) is 4. The van der Waals surface area contributed by atoms with Crippen LogP contribution < -0.4 is 9.47 Å². The van der Waals surface area contributed by atoms with Gasteiger partial charge in [-0.25, -0.2) is 0 Å². The Labute approximate surface area is 148 Å². The van der Waals surface area contributed by atoms with Crippen molar-refractivity contribution in [1.82, 2.24) is 0 Å². The van der Waals surface area contributed by atoms with E-state index in [9.17, 15) is 4.79 Å². The lowest BCUT2D eigenvalue weighted by Gasteiger charge is -2.09. The molecule has 2 rings (SSSR count). The van der Waals surface area contributed by atoms with Gasteiger partial charge >= 0.3 is 5.97 Å². The first-order valence-corrected chi connectivity index (χ1v) is 7.81. The molecular formula is C16H13Cl3O4. The van der Waals surface area contributed by atoms with Crippen molar-refractivity contribution in [2.24, 2.45) is 0 Å². The third kappa shape index (κ3) is 5.29. The molecule has 1 N–H and O–H groups in total. The largest absolute Gasteiger partial charge is 0.493 e. The predicted octanol–water partition coefficient (Wildman–Crippen LogP) is 4.51. The average molecular weight is 376 g/mol. The first kappa shape index (κ1) is 17.9. The van der Waals surface area contributed by atoms with Crippen LogP contribution in [0.5, 0.6) is 11.5 Å². The zero-order valence-corrected chi connectivity index (χ0v) is 14.2. The van der Waals surface area contributed by atoms with Crippen LogP contribution >= 0.6 is 34.8 Å². The minimum atomic E-state index is -0.503. The van der Waals surface area contributed by atoms with Gasteiger partial charge in [-0.3, -0.25) is 4.79 Å². The molecule has 7 heteroatoms. The molecular weight excluding hydrogens is 363 g/mol. The van der Waals surface area contributed by atoms with E-state index in [1.165, 1.54) is 12.1 Å². The van der Waals surface area contributed by atoms with Crippen molar-refractivity contribution >= 4 is 40.8 Å². The van der Waals surface area contributed by atoms with Gasteiger partial charge in [0.1, 0.15) is 5.75 Å². The summed E-state index contributed by atoms with van der Waals surface area (Å²) in [5, 5.41) is 9.68. The molecule has 0 spiro atoms. The monoisotopic (exact) mass is 374 g/mol. The van der Waals surface area contributed by atoms with Crippen LogP contribution in [-0.4, -0.2) is 17.7 Å². The minimum absolute atomic E-state index is 0.0307. The molecule has 0 atom stereocenters. The number of esters is 1. The molecule has 0 amide bonds. The van der Waals surface area contributed by atoms with E-state index in [0.717, 1.165) is 5.56 Å². The Hall–Kier alpha value is -1.46. The highest BCUT2D eigenvalue weighted by Gasteiger charge is 2.12. The molecule has 0 aliphatic rings. The molecule has 4 nitrogen and oxygen atoms in total. The first-order valence-electron chi connectivity index (χ1n) is 6.67. The Morgan fingerprint density at radius 2 is 1.65 bits per heavy atom. The zero-order chi connectivity index (χ0) is 16.8. The van der Waals surface area contributed by atoms with Crippen LogP contribution in [0.2, 0.25) is 15.1 Å². The topological polar surface area (TPSA) is 55.8 Å². The number of benzene rings is 2. The van der Waals surface area contributed by atoms with Crippen molar-refractivity contribution in [3.05, 3.63) is 57.0 Å². The molecule has 0 saturated heterocycles. The van der Waals surface area contributed by atoms with E-state index in [1.807, 2.05) is 0 Å². The van der Waals surface area contributed by atoms with Crippen molar-refractivity contribution in [2.75, 3.05) is 6.61 Å². The van der Waals surface area contributed by atoms with Crippen LogP contribution in [0.15, 0.2) is 36.4 Å². The maximum atomic E-state index is 11.8. The number of rotatable bonds is 6. The van der Waals surface area contributed by atoms with Gasteiger partial charge in [0.2, 0.25) is 0 Å². The second-order valence-electron chi connectivity index (χ2n) is 4.57. The molecule has 0 fully saturated rings. The smallest absolute Gasteiger partial charge is 0.314 e. The Bertz CT molecular complexity index is 686. The molecule has 2 aromatic rings. The maximum Gasteiger partial charge on any atom is 0.314 e. The van der Waals surface area contributed by atoms with E-state index in [0.29, 0.717) is 5.75 Å². The van der Waals surface area contributed by atoms with Crippen LogP contribution in [0.3, 0.4) is 0 Å². The second-order valence-corrected chi connectivity index (χ2v) is 5.79. The molecule has 23 heavy (non-hydrogen) atoms. The van der Waals surface area contributed by atoms with E-state index in [4.69, 9.17) is 49.4 Å². The number of halogens is 3. The van der Waals surface area contributed by atoms with Gasteiger partial charge in [-0.05, 0) is 23.8 Å². The first-order chi connectivity index (χ1) is 11.0. The summed E-state index contributed by atoms with van der Waals surface area (Å²) in [6, 6.07) is 9.71. The maximum absolute atomic E-state index is 11.8. The minimum Gasteiger partial charge on any atom is -0.493 e. The molecule has 0 unspecified atom stereocenters. The SMILES string of the molecule is O=C(CCOc1ccc(CO)cc1)Oc1cc(Cl)c(Cl)cc1Cl. The van der Waals surface area contributed by atoms with Crippen molar-refractivity contribution in [3.63, 3.8) is 0 Å². The summed E-state index contributed by atoms with van der Waals surface area (Å²) in [7, 11) is 0. The fourth-order valence-corrected chi connectivity index (χ4v) is 2.27. The van der Waals surface area contributed by atoms with Gasteiger partial charge in [0.15, 0.2) is 5.75 Å².